The lowest BCUT2D eigenvalue weighted by atomic mass is 10.1. The van der Waals surface area contributed by atoms with Crippen LogP contribution in [-0.2, 0) is 0 Å². The fourth-order valence-corrected chi connectivity index (χ4v) is 3.85. The molecule has 27 heavy (non-hydrogen) atoms. The lowest BCUT2D eigenvalue weighted by molar-refractivity contribution is 0.233. The molecule has 1 atom stereocenters. The number of anilines is 1. The third kappa shape index (κ3) is 4.46. The number of para-hydroxylation sites is 1. The number of methoxy groups -OCH3 is 1. The van der Waals surface area contributed by atoms with Crippen LogP contribution in [0, 0.1) is 0 Å². The van der Waals surface area contributed by atoms with Crippen molar-refractivity contribution in [3.63, 3.8) is 0 Å². The molecule has 2 aromatic carbocycles. The molecule has 0 spiro atoms. The normalized spacial score (nSPS) is 19.8. The molecule has 6 heteroatoms. The molecule has 0 saturated carbocycles. The van der Waals surface area contributed by atoms with Gasteiger partial charge in [-0.2, -0.15) is 0 Å². The van der Waals surface area contributed by atoms with E-state index in [0.29, 0.717) is 5.75 Å². The van der Waals surface area contributed by atoms with Crippen LogP contribution in [0.2, 0.25) is 0 Å². The zero-order chi connectivity index (χ0) is 19.2. The summed E-state index contributed by atoms with van der Waals surface area (Å²) < 4.78 is 5.17. The number of benzene rings is 2. The molecule has 1 aliphatic heterocycles. The number of aliphatic hydroxyl groups excluding tert-OH is 1. The van der Waals surface area contributed by atoms with E-state index in [2.05, 4.69) is 6.92 Å². The number of thioether (sulfide) groups is 1. The van der Waals surface area contributed by atoms with Crippen molar-refractivity contribution < 1.29 is 14.9 Å². The summed E-state index contributed by atoms with van der Waals surface area (Å²) in [7, 11) is 1.51. The number of aromatic hydroxyl groups is 1. The Morgan fingerprint density at radius 1 is 1.22 bits per heavy atom. The number of hydrogen-bond acceptors (Lipinski definition) is 5. The Balaban J connectivity index is 1.94. The van der Waals surface area contributed by atoms with E-state index in [4.69, 9.17) is 9.73 Å². The number of phenols is 1. The Labute approximate surface area is 164 Å². The number of hydrogen-bond donors (Lipinski definition) is 2. The Hall–Kier alpha value is -2.44. The molecular formula is C21H24N2O3S. The molecule has 1 heterocycles. The highest BCUT2D eigenvalue weighted by molar-refractivity contribution is 8.18. The second-order valence-electron chi connectivity index (χ2n) is 6.18. The van der Waals surface area contributed by atoms with Gasteiger partial charge in [-0.25, -0.2) is 0 Å². The van der Waals surface area contributed by atoms with Gasteiger partial charge in [0.05, 0.1) is 7.11 Å². The van der Waals surface area contributed by atoms with Crippen LogP contribution < -0.4 is 9.64 Å². The lowest BCUT2D eigenvalue weighted by Gasteiger charge is -2.22. The maximum absolute atomic E-state index is 10.9. The van der Waals surface area contributed by atoms with Crippen molar-refractivity contribution in [2.24, 2.45) is 4.99 Å². The van der Waals surface area contributed by atoms with Crippen molar-refractivity contribution in [1.29, 1.82) is 0 Å². The summed E-state index contributed by atoms with van der Waals surface area (Å²) >= 11 is 1.47. The molecular weight excluding hydrogens is 360 g/mol. The number of aliphatic hydroxyl groups is 1. The van der Waals surface area contributed by atoms with E-state index in [1.807, 2.05) is 41.3 Å². The zero-order valence-corrected chi connectivity index (χ0v) is 16.3. The molecule has 0 radical (unpaired) electrons. The molecule has 1 aliphatic rings. The number of amidine groups is 1. The third-order valence-electron chi connectivity index (χ3n) is 4.22. The molecule has 5 nitrogen and oxygen atoms in total. The Kier molecular flexibility index (Phi) is 6.42. The molecule has 142 valence electrons. The summed E-state index contributed by atoms with van der Waals surface area (Å²) in [5.74, 6) is 0.491. The van der Waals surface area contributed by atoms with E-state index in [0.717, 1.165) is 40.7 Å². The van der Waals surface area contributed by atoms with Crippen LogP contribution in [0.4, 0.5) is 5.69 Å². The van der Waals surface area contributed by atoms with Crippen LogP contribution >= 0.6 is 11.8 Å². The topological polar surface area (TPSA) is 65.3 Å². The van der Waals surface area contributed by atoms with Crippen molar-refractivity contribution in [2.75, 3.05) is 18.6 Å². The second-order valence-corrected chi connectivity index (χ2v) is 7.22. The first-order valence-corrected chi connectivity index (χ1v) is 9.79. The summed E-state index contributed by atoms with van der Waals surface area (Å²) in [6.45, 7) is 2.87. The van der Waals surface area contributed by atoms with Gasteiger partial charge in [0.2, 0.25) is 0 Å². The third-order valence-corrected chi connectivity index (χ3v) is 5.29. The van der Waals surface area contributed by atoms with Crippen LogP contribution in [-0.4, -0.2) is 35.3 Å². The molecule has 1 unspecified atom stereocenters. The van der Waals surface area contributed by atoms with Crippen molar-refractivity contribution in [1.82, 2.24) is 0 Å². The van der Waals surface area contributed by atoms with Crippen LogP contribution in [0.15, 0.2) is 58.4 Å². The van der Waals surface area contributed by atoms with Gasteiger partial charge in [-0.3, -0.25) is 9.89 Å². The van der Waals surface area contributed by atoms with E-state index < -0.39 is 6.23 Å². The highest BCUT2D eigenvalue weighted by Crippen LogP contribution is 2.39. The summed E-state index contributed by atoms with van der Waals surface area (Å²) in [6, 6.07) is 14.9. The number of rotatable bonds is 6. The van der Waals surface area contributed by atoms with E-state index in [1.54, 1.807) is 18.2 Å². The second kappa shape index (κ2) is 8.97. The first-order valence-electron chi connectivity index (χ1n) is 8.97. The van der Waals surface area contributed by atoms with Crippen LogP contribution in [0.3, 0.4) is 0 Å². The minimum Gasteiger partial charge on any atom is -0.504 e. The van der Waals surface area contributed by atoms with Gasteiger partial charge in [-0.05, 0) is 42.3 Å². The molecule has 2 N–H and O–H groups in total. The fourth-order valence-electron chi connectivity index (χ4n) is 2.77. The summed E-state index contributed by atoms with van der Waals surface area (Å²) in [4.78, 5) is 7.33. The number of unbranched alkanes of at least 4 members (excludes halogenated alkanes) is 1. The minimum absolute atomic E-state index is 0.0898. The zero-order valence-electron chi connectivity index (χ0n) is 15.5. The lowest BCUT2D eigenvalue weighted by Crippen LogP contribution is -2.33. The predicted octanol–water partition coefficient (Wildman–Crippen LogP) is 4.47. The maximum Gasteiger partial charge on any atom is 0.170 e. The SMILES string of the molecule is CCCCN=C1S/C(=C\c2ccc(O)c(OC)c2)C(O)N1c1ccccc1. The van der Waals surface area contributed by atoms with Crippen LogP contribution in [0.5, 0.6) is 11.5 Å². The number of phenolic OH excluding ortho intramolecular Hbond substituents is 1. The molecule has 2 aromatic rings. The standard InChI is InChI=1S/C21H24N2O3S/c1-3-4-12-22-21-23(16-8-6-5-7-9-16)20(25)19(27-21)14-15-10-11-17(24)18(13-15)26-2/h5-11,13-14,20,24-25H,3-4,12H2,1-2H3/b19-14-,22-21?. The van der Waals surface area contributed by atoms with Crippen molar-refractivity contribution >= 4 is 28.7 Å². The molecule has 0 bridgehead atoms. The highest BCUT2D eigenvalue weighted by Gasteiger charge is 2.34. The molecule has 1 fully saturated rings. The summed E-state index contributed by atoms with van der Waals surface area (Å²) in [5, 5.41) is 21.5. The van der Waals surface area contributed by atoms with E-state index in [-0.39, 0.29) is 5.75 Å². The average molecular weight is 385 g/mol. The summed E-state index contributed by atoms with van der Waals surface area (Å²) in [5.41, 5.74) is 1.74. The van der Waals surface area contributed by atoms with E-state index in [1.165, 1.54) is 18.9 Å². The maximum atomic E-state index is 10.9. The molecule has 0 aliphatic carbocycles. The average Bonchev–Trinajstić information content (AvgIpc) is 2.99. The highest BCUT2D eigenvalue weighted by atomic mass is 32.2. The minimum atomic E-state index is -0.808. The first kappa shape index (κ1) is 19.3. The van der Waals surface area contributed by atoms with Gasteiger partial charge in [0.1, 0.15) is 0 Å². The fraction of sp³-hybridized carbons (Fsp3) is 0.286. The van der Waals surface area contributed by atoms with Gasteiger partial charge in [-0.15, -0.1) is 0 Å². The quantitative estimate of drug-likeness (QED) is 0.720. The van der Waals surface area contributed by atoms with Gasteiger partial charge < -0.3 is 14.9 Å². The van der Waals surface area contributed by atoms with Gasteiger partial charge >= 0.3 is 0 Å². The van der Waals surface area contributed by atoms with Gasteiger partial charge in [0.15, 0.2) is 22.9 Å². The Morgan fingerprint density at radius 3 is 2.70 bits per heavy atom. The Bertz CT molecular complexity index is 837. The van der Waals surface area contributed by atoms with E-state index in [9.17, 15) is 10.2 Å². The van der Waals surface area contributed by atoms with Crippen LogP contribution in [0.1, 0.15) is 25.3 Å². The first-order chi connectivity index (χ1) is 13.1. The van der Waals surface area contributed by atoms with Crippen molar-refractivity contribution in [3.8, 4) is 11.5 Å². The summed E-state index contributed by atoms with van der Waals surface area (Å²) in [6.07, 6.45) is 3.18. The smallest absolute Gasteiger partial charge is 0.170 e. The largest absolute Gasteiger partial charge is 0.504 e. The van der Waals surface area contributed by atoms with Gasteiger partial charge in [-0.1, -0.05) is 49.4 Å². The number of nitrogens with zero attached hydrogens (tertiary/aromatic N) is 2. The molecule has 1 saturated heterocycles. The van der Waals surface area contributed by atoms with Crippen molar-refractivity contribution in [2.45, 2.75) is 26.0 Å². The monoisotopic (exact) mass is 384 g/mol. The van der Waals surface area contributed by atoms with Crippen LogP contribution in [0.25, 0.3) is 6.08 Å². The molecule has 0 amide bonds. The van der Waals surface area contributed by atoms with E-state index >= 15 is 0 Å². The van der Waals surface area contributed by atoms with Crippen molar-refractivity contribution in [3.05, 3.63) is 59.0 Å². The molecule has 3 rings (SSSR count). The Morgan fingerprint density at radius 2 is 2.00 bits per heavy atom. The molecule has 0 aromatic heterocycles. The number of aliphatic imine (C=N–C) groups is 1. The van der Waals surface area contributed by atoms with Gasteiger partial charge in [0.25, 0.3) is 0 Å². The van der Waals surface area contributed by atoms with Gasteiger partial charge in [0, 0.05) is 17.1 Å². The predicted molar refractivity (Wildman–Crippen MR) is 112 cm³/mol. The number of ether oxygens (including phenoxy) is 1.